The van der Waals surface area contributed by atoms with Crippen LogP contribution in [0.25, 0.3) is 11.1 Å². The van der Waals surface area contributed by atoms with E-state index < -0.39 is 0 Å². The first-order valence-corrected chi connectivity index (χ1v) is 7.96. The Morgan fingerprint density at radius 3 is 2.50 bits per heavy atom. The maximum atomic E-state index is 9.62. The number of nitrogens with two attached hydrogens (primary N) is 1. The van der Waals surface area contributed by atoms with E-state index in [0.29, 0.717) is 12.6 Å². The molecule has 0 saturated heterocycles. The van der Waals surface area contributed by atoms with Crippen LogP contribution in [0.2, 0.25) is 0 Å². The zero-order valence-electron chi connectivity index (χ0n) is 12.7. The van der Waals surface area contributed by atoms with Gasteiger partial charge in [0, 0.05) is 24.3 Å². The van der Waals surface area contributed by atoms with Gasteiger partial charge in [-0.3, -0.25) is 0 Å². The summed E-state index contributed by atoms with van der Waals surface area (Å²) in [5, 5.41) is 13.2. The number of hydrogen-bond donors (Lipinski definition) is 3. The molecule has 1 aliphatic carbocycles. The largest absolute Gasteiger partial charge is 0.393 e. The maximum Gasteiger partial charge on any atom is 0.131 e. The molecule has 1 heterocycles. The summed E-state index contributed by atoms with van der Waals surface area (Å²) in [5.74, 6) is 0.880. The van der Waals surface area contributed by atoms with Crippen molar-refractivity contribution in [1.82, 2.24) is 4.98 Å². The van der Waals surface area contributed by atoms with E-state index in [-0.39, 0.29) is 6.10 Å². The molecule has 0 radical (unpaired) electrons. The predicted octanol–water partition coefficient (Wildman–Crippen LogP) is 2.92. The zero-order valence-corrected chi connectivity index (χ0v) is 12.7. The number of aliphatic hydroxyl groups excluding tert-OH is 1. The van der Waals surface area contributed by atoms with Crippen molar-refractivity contribution in [2.24, 2.45) is 5.73 Å². The number of nitrogens with zero attached hydrogens (tertiary/aromatic N) is 1. The Morgan fingerprint density at radius 1 is 1.09 bits per heavy atom. The average molecular weight is 297 g/mol. The fourth-order valence-electron chi connectivity index (χ4n) is 3.13. The van der Waals surface area contributed by atoms with Gasteiger partial charge in [0.2, 0.25) is 0 Å². The van der Waals surface area contributed by atoms with Crippen molar-refractivity contribution in [1.29, 1.82) is 0 Å². The molecular weight excluding hydrogens is 274 g/mol. The van der Waals surface area contributed by atoms with Gasteiger partial charge >= 0.3 is 0 Å². The van der Waals surface area contributed by atoms with E-state index in [4.69, 9.17) is 5.73 Å². The summed E-state index contributed by atoms with van der Waals surface area (Å²) in [6, 6.07) is 12.7. The molecule has 4 N–H and O–H groups in total. The molecule has 1 aromatic carbocycles. The van der Waals surface area contributed by atoms with Crippen LogP contribution in [0.3, 0.4) is 0 Å². The van der Waals surface area contributed by atoms with Crippen molar-refractivity contribution in [2.75, 3.05) is 5.32 Å². The maximum absolute atomic E-state index is 9.62. The van der Waals surface area contributed by atoms with Crippen molar-refractivity contribution >= 4 is 5.82 Å². The molecule has 116 valence electrons. The lowest BCUT2D eigenvalue weighted by atomic mass is 9.92. The average Bonchev–Trinajstić information content (AvgIpc) is 2.57. The van der Waals surface area contributed by atoms with Gasteiger partial charge in [0.1, 0.15) is 5.82 Å². The SMILES string of the molecule is NCc1c(-c2ccccc2)ccnc1NC1CCC(O)CC1. The Morgan fingerprint density at radius 2 is 1.82 bits per heavy atom. The third kappa shape index (κ3) is 3.29. The molecule has 1 fully saturated rings. The minimum Gasteiger partial charge on any atom is -0.393 e. The molecule has 22 heavy (non-hydrogen) atoms. The van der Waals surface area contributed by atoms with Gasteiger partial charge in [0.15, 0.2) is 0 Å². The van der Waals surface area contributed by atoms with Crippen LogP contribution in [0.15, 0.2) is 42.6 Å². The zero-order chi connectivity index (χ0) is 15.4. The lowest BCUT2D eigenvalue weighted by molar-refractivity contribution is 0.126. The molecule has 1 aromatic heterocycles. The molecule has 0 aliphatic heterocycles. The van der Waals surface area contributed by atoms with Gasteiger partial charge in [0.05, 0.1) is 6.10 Å². The molecule has 0 bridgehead atoms. The number of hydrogen-bond acceptors (Lipinski definition) is 4. The smallest absolute Gasteiger partial charge is 0.131 e. The van der Waals surface area contributed by atoms with Gasteiger partial charge in [0.25, 0.3) is 0 Å². The summed E-state index contributed by atoms with van der Waals surface area (Å²) in [4.78, 5) is 4.50. The Bertz CT molecular complexity index is 607. The minimum absolute atomic E-state index is 0.143. The Labute approximate surface area is 131 Å². The van der Waals surface area contributed by atoms with Crippen LogP contribution in [0.5, 0.6) is 0 Å². The van der Waals surface area contributed by atoms with Crippen LogP contribution in [0.4, 0.5) is 5.82 Å². The Kier molecular flexibility index (Phi) is 4.71. The van der Waals surface area contributed by atoms with E-state index in [2.05, 4.69) is 22.4 Å². The quantitative estimate of drug-likeness (QED) is 0.811. The molecule has 0 spiro atoms. The van der Waals surface area contributed by atoms with Crippen molar-refractivity contribution in [3.05, 3.63) is 48.2 Å². The fraction of sp³-hybridized carbons (Fsp3) is 0.389. The summed E-state index contributed by atoms with van der Waals surface area (Å²) in [7, 11) is 0. The summed E-state index contributed by atoms with van der Waals surface area (Å²) >= 11 is 0. The van der Waals surface area contributed by atoms with Crippen LogP contribution in [0.1, 0.15) is 31.2 Å². The van der Waals surface area contributed by atoms with Crippen molar-refractivity contribution in [2.45, 2.75) is 44.4 Å². The Balaban J connectivity index is 1.85. The molecule has 2 aromatic rings. The number of nitrogens with one attached hydrogen (secondary N) is 1. The van der Waals surface area contributed by atoms with Crippen molar-refractivity contribution in [3.8, 4) is 11.1 Å². The van der Waals surface area contributed by atoms with Gasteiger partial charge in [-0.2, -0.15) is 0 Å². The number of anilines is 1. The summed E-state index contributed by atoms with van der Waals surface area (Å²) in [6.45, 7) is 0.454. The van der Waals surface area contributed by atoms with E-state index in [1.54, 1.807) is 0 Å². The standard InChI is InChI=1S/C18H23N3O/c19-12-17-16(13-4-2-1-3-5-13)10-11-20-18(17)21-14-6-8-15(22)9-7-14/h1-5,10-11,14-15,22H,6-9,12,19H2,(H,20,21). The van der Waals surface area contributed by atoms with Crippen molar-refractivity contribution in [3.63, 3.8) is 0 Å². The molecule has 0 amide bonds. The summed E-state index contributed by atoms with van der Waals surface area (Å²) in [5.41, 5.74) is 9.35. The first-order chi connectivity index (χ1) is 10.8. The molecule has 0 atom stereocenters. The number of rotatable bonds is 4. The number of benzene rings is 1. The first kappa shape index (κ1) is 15.0. The second-order valence-electron chi connectivity index (χ2n) is 5.91. The highest BCUT2D eigenvalue weighted by molar-refractivity contribution is 5.72. The van der Waals surface area contributed by atoms with Crippen molar-refractivity contribution < 1.29 is 5.11 Å². The number of aromatic nitrogens is 1. The first-order valence-electron chi connectivity index (χ1n) is 7.96. The highest BCUT2D eigenvalue weighted by atomic mass is 16.3. The van der Waals surface area contributed by atoms with E-state index in [9.17, 15) is 5.11 Å². The third-order valence-corrected chi connectivity index (χ3v) is 4.38. The monoisotopic (exact) mass is 297 g/mol. The molecule has 3 rings (SSSR count). The van der Waals surface area contributed by atoms with E-state index in [1.807, 2.05) is 30.5 Å². The lowest BCUT2D eigenvalue weighted by Crippen LogP contribution is -2.29. The van der Waals surface area contributed by atoms with Crippen LogP contribution in [0, 0.1) is 0 Å². The molecule has 1 saturated carbocycles. The normalized spacial score (nSPS) is 21.5. The van der Waals surface area contributed by atoms with Gasteiger partial charge in [-0.15, -0.1) is 0 Å². The predicted molar refractivity (Wildman–Crippen MR) is 89.4 cm³/mol. The topological polar surface area (TPSA) is 71.2 Å². The van der Waals surface area contributed by atoms with E-state index in [1.165, 1.54) is 0 Å². The molecular formula is C18H23N3O. The minimum atomic E-state index is -0.143. The molecule has 0 unspecified atom stereocenters. The summed E-state index contributed by atoms with van der Waals surface area (Å²) < 4.78 is 0. The second-order valence-corrected chi connectivity index (χ2v) is 5.91. The van der Waals surface area contributed by atoms with Crippen LogP contribution < -0.4 is 11.1 Å². The van der Waals surface area contributed by atoms with Crippen LogP contribution >= 0.6 is 0 Å². The highest BCUT2D eigenvalue weighted by Gasteiger charge is 2.21. The van der Waals surface area contributed by atoms with Gasteiger partial charge < -0.3 is 16.2 Å². The van der Waals surface area contributed by atoms with Crippen LogP contribution in [-0.2, 0) is 6.54 Å². The third-order valence-electron chi connectivity index (χ3n) is 4.38. The molecule has 4 heteroatoms. The lowest BCUT2D eigenvalue weighted by Gasteiger charge is -2.27. The highest BCUT2D eigenvalue weighted by Crippen LogP contribution is 2.29. The van der Waals surface area contributed by atoms with E-state index in [0.717, 1.165) is 48.2 Å². The van der Waals surface area contributed by atoms with Gasteiger partial charge in [-0.25, -0.2) is 4.98 Å². The molecule has 1 aliphatic rings. The number of pyridine rings is 1. The van der Waals surface area contributed by atoms with E-state index >= 15 is 0 Å². The number of aliphatic hydroxyl groups is 1. The van der Waals surface area contributed by atoms with Crippen LogP contribution in [-0.4, -0.2) is 22.2 Å². The fourth-order valence-corrected chi connectivity index (χ4v) is 3.13. The molecule has 4 nitrogen and oxygen atoms in total. The van der Waals surface area contributed by atoms with Gasteiger partial charge in [-0.05, 0) is 42.9 Å². The Hall–Kier alpha value is -1.91. The second kappa shape index (κ2) is 6.90. The summed E-state index contributed by atoms with van der Waals surface area (Å²) in [6.07, 6.45) is 5.35. The van der Waals surface area contributed by atoms with Gasteiger partial charge in [-0.1, -0.05) is 30.3 Å².